The van der Waals surface area contributed by atoms with Crippen LogP contribution in [0.25, 0.3) is 0 Å². The molecule has 0 aromatic rings. The van der Waals surface area contributed by atoms with Crippen molar-refractivity contribution in [3.05, 3.63) is 25.2 Å². The molecule has 0 N–H and O–H groups in total. The molecule has 0 heterocycles. The molecule has 7 heteroatoms. The van der Waals surface area contributed by atoms with Crippen molar-refractivity contribution >= 4 is 10.4 Å². The van der Waals surface area contributed by atoms with Crippen molar-refractivity contribution in [1.29, 1.82) is 0 Å². The van der Waals surface area contributed by atoms with Gasteiger partial charge in [0.1, 0.15) is 12.0 Å². The second-order valence-electron chi connectivity index (χ2n) is 5.36. The first-order chi connectivity index (χ1) is 11.0. The van der Waals surface area contributed by atoms with Crippen LogP contribution in [0, 0.1) is 0 Å². The molecule has 6 nitrogen and oxygen atoms in total. The molecule has 0 aliphatic heterocycles. The minimum absolute atomic E-state index is 0.232. The van der Waals surface area contributed by atoms with E-state index >= 15 is 0 Å². The molecule has 0 aliphatic carbocycles. The first kappa shape index (κ1) is 21.9. The third-order valence-electron chi connectivity index (χ3n) is 3.24. The predicted octanol–water partition coefficient (Wildman–Crippen LogP) is 5.10. The highest BCUT2D eigenvalue weighted by Crippen LogP contribution is 2.14. The van der Waals surface area contributed by atoms with E-state index in [0.29, 0.717) is 6.42 Å². The van der Waals surface area contributed by atoms with Gasteiger partial charge in [-0.1, -0.05) is 77.9 Å². The lowest BCUT2D eigenvalue weighted by atomic mass is 10.1. The maximum Gasteiger partial charge on any atom is 0.470 e. The largest absolute Gasteiger partial charge is 0.470 e. The van der Waals surface area contributed by atoms with Crippen molar-refractivity contribution in [2.75, 3.05) is 0 Å². The predicted molar refractivity (Wildman–Crippen MR) is 89.1 cm³/mol. The molecule has 0 aliphatic rings. The summed E-state index contributed by atoms with van der Waals surface area (Å²) in [6, 6.07) is 0. The van der Waals surface area contributed by atoms with Crippen LogP contribution in [-0.2, 0) is 28.8 Å². The Morgan fingerprint density at radius 3 is 1.96 bits per heavy atom. The van der Waals surface area contributed by atoms with Crippen LogP contribution in [0.5, 0.6) is 0 Å². The first-order valence-corrected chi connectivity index (χ1v) is 9.60. The third kappa shape index (κ3) is 15.6. The normalized spacial score (nSPS) is 11.2. The highest BCUT2D eigenvalue weighted by Gasteiger charge is 2.16. The van der Waals surface area contributed by atoms with Gasteiger partial charge < -0.3 is 9.78 Å². The Morgan fingerprint density at radius 1 is 0.913 bits per heavy atom. The molecule has 0 aromatic carbocycles. The van der Waals surface area contributed by atoms with Gasteiger partial charge in [-0.15, -0.1) is 0 Å². The highest BCUT2D eigenvalue weighted by atomic mass is 32.3. The lowest BCUT2D eigenvalue weighted by Gasteiger charge is -2.06. The minimum atomic E-state index is -4.37. The summed E-state index contributed by atoms with van der Waals surface area (Å²) in [5, 5.41) is 0. The third-order valence-corrected chi connectivity index (χ3v) is 3.71. The molecule has 0 bridgehead atoms. The number of hydrogen-bond acceptors (Lipinski definition) is 6. The number of allylic oxidation sites excluding steroid dienone is 1. The van der Waals surface area contributed by atoms with Crippen molar-refractivity contribution in [3.8, 4) is 0 Å². The number of rotatable bonds is 17. The standard InChI is InChI=1S/C16H30O6S/c1-4-6-7-8-9-10-11-12-13-14-15-16(3)20-22-23(17,18)21-19-5-2/h5H,2-4,6-15H2,1H3. The monoisotopic (exact) mass is 350 g/mol. The lowest BCUT2D eigenvalue weighted by Crippen LogP contribution is -2.09. The molecule has 0 aromatic heterocycles. The molecule has 0 fully saturated rings. The highest BCUT2D eigenvalue weighted by molar-refractivity contribution is 7.81. The van der Waals surface area contributed by atoms with Gasteiger partial charge >= 0.3 is 10.4 Å². The Bertz CT molecular complexity index is 405. The summed E-state index contributed by atoms with van der Waals surface area (Å²) < 4.78 is 30.1. The van der Waals surface area contributed by atoms with Crippen molar-refractivity contribution in [1.82, 2.24) is 0 Å². The zero-order chi connectivity index (χ0) is 17.4. The maximum absolute atomic E-state index is 11.1. The average Bonchev–Trinajstić information content (AvgIpc) is 2.53. The zero-order valence-corrected chi connectivity index (χ0v) is 14.9. The smallest absolute Gasteiger partial charge is 0.328 e. The van der Waals surface area contributed by atoms with Crippen LogP contribution in [-0.4, -0.2) is 8.42 Å². The molecule has 0 atom stereocenters. The van der Waals surface area contributed by atoms with E-state index in [2.05, 4.69) is 38.5 Å². The molecule has 0 radical (unpaired) electrons. The van der Waals surface area contributed by atoms with E-state index in [1.165, 1.54) is 44.9 Å². The second kappa shape index (κ2) is 14.5. The summed E-state index contributed by atoms with van der Waals surface area (Å²) in [4.78, 5) is 8.60. The van der Waals surface area contributed by atoms with Gasteiger partial charge in [0.05, 0.1) is 0 Å². The van der Waals surface area contributed by atoms with Crippen LogP contribution in [0.15, 0.2) is 25.2 Å². The average molecular weight is 350 g/mol. The molecule has 0 saturated heterocycles. The van der Waals surface area contributed by atoms with E-state index in [1.54, 1.807) is 0 Å². The van der Waals surface area contributed by atoms with Crippen molar-refractivity contribution in [2.45, 2.75) is 77.6 Å². The van der Waals surface area contributed by atoms with Crippen LogP contribution in [0.3, 0.4) is 0 Å². The summed E-state index contributed by atoms with van der Waals surface area (Å²) in [6.07, 6.45) is 13.6. The molecule has 0 rings (SSSR count). The summed E-state index contributed by atoms with van der Waals surface area (Å²) >= 11 is 0. The van der Waals surface area contributed by atoms with E-state index < -0.39 is 10.4 Å². The molecule has 0 unspecified atom stereocenters. The van der Waals surface area contributed by atoms with Gasteiger partial charge in [-0.3, -0.25) is 0 Å². The quantitative estimate of drug-likeness (QED) is 0.157. The molecular weight excluding hydrogens is 320 g/mol. The molecular formula is C16H30O6S. The van der Waals surface area contributed by atoms with Gasteiger partial charge in [-0.2, -0.15) is 8.42 Å². The van der Waals surface area contributed by atoms with E-state index in [1.807, 2.05) is 0 Å². The van der Waals surface area contributed by atoms with Gasteiger partial charge in [0, 0.05) is 6.42 Å². The van der Waals surface area contributed by atoms with Gasteiger partial charge in [0.25, 0.3) is 0 Å². The minimum Gasteiger partial charge on any atom is -0.328 e. The second-order valence-corrected chi connectivity index (χ2v) is 6.45. The van der Waals surface area contributed by atoms with Crippen molar-refractivity contribution < 1.29 is 26.9 Å². The molecule has 0 spiro atoms. The van der Waals surface area contributed by atoms with E-state index in [-0.39, 0.29) is 5.76 Å². The topological polar surface area (TPSA) is 71.1 Å². The Morgan fingerprint density at radius 2 is 1.43 bits per heavy atom. The fourth-order valence-electron chi connectivity index (χ4n) is 2.03. The number of hydrogen-bond donors (Lipinski definition) is 0. The van der Waals surface area contributed by atoms with E-state index in [4.69, 9.17) is 0 Å². The zero-order valence-electron chi connectivity index (χ0n) is 14.1. The van der Waals surface area contributed by atoms with Gasteiger partial charge in [-0.25, -0.2) is 0 Å². The van der Waals surface area contributed by atoms with Crippen LogP contribution >= 0.6 is 0 Å². The summed E-state index contributed by atoms with van der Waals surface area (Å²) in [6.45, 7) is 8.93. The molecule has 23 heavy (non-hydrogen) atoms. The first-order valence-electron chi connectivity index (χ1n) is 8.26. The Kier molecular flexibility index (Phi) is 13.9. The maximum atomic E-state index is 11.1. The lowest BCUT2D eigenvalue weighted by molar-refractivity contribution is -0.216. The van der Waals surface area contributed by atoms with Crippen LogP contribution in [0.1, 0.15) is 77.6 Å². The van der Waals surface area contributed by atoms with E-state index in [9.17, 15) is 8.42 Å². The van der Waals surface area contributed by atoms with Crippen LogP contribution in [0.4, 0.5) is 0 Å². The Hall–Kier alpha value is -1.05. The molecule has 0 amide bonds. The Balaban J connectivity index is 3.45. The molecule has 136 valence electrons. The van der Waals surface area contributed by atoms with Crippen molar-refractivity contribution in [2.24, 2.45) is 0 Å². The SMILES string of the molecule is C=COOS(=O)(=O)OOC(=C)CCCCCCCCCCCC. The van der Waals surface area contributed by atoms with Gasteiger partial charge in [0.15, 0.2) is 0 Å². The molecule has 0 saturated carbocycles. The Labute approximate surface area is 140 Å². The number of unbranched alkanes of at least 4 members (excludes halogenated alkanes) is 9. The van der Waals surface area contributed by atoms with E-state index in [0.717, 1.165) is 25.5 Å². The summed E-state index contributed by atoms with van der Waals surface area (Å²) in [5.74, 6) is 0.232. The summed E-state index contributed by atoms with van der Waals surface area (Å²) in [7, 11) is -4.37. The fourth-order valence-corrected chi connectivity index (χ4v) is 2.38. The van der Waals surface area contributed by atoms with Gasteiger partial charge in [-0.05, 0) is 15.1 Å². The van der Waals surface area contributed by atoms with Gasteiger partial charge in [0.2, 0.25) is 0 Å². The summed E-state index contributed by atoms with van der Waals surface area (Å²) in [5.41, 5.74) is 0. The van der Waals surface area contributed by atoms with Crippen molar-refractivity contribution in [3.63, 3.8) is 0 Å². The fraction of sp³-hybridized carbons (Fsp3) is 0.750. The van der Waals surface area contributed by atoms with Crippen LogP contribution < -0.4 is 0 Å². The van der Waals surface area contributed by atoms with Crippen LogP contribution in [0.2, 0.25) is 0 Å².